The van der Waals surface area contributed by atoms with E-state index in [1.54, 1.807) is 31.4 Å². The minimum atomic E-state index is -1.76. The van der Waals surface area contributed by atoms with Gasteiger partial charge in [-0.05, 0) is 42.9 Å². The second-order valence-corrected chi connectivity index (χ2v) is 8.10. The molecule has 0 spiro atoms. The Kier molecular flexibility index (Phi) is 9.64. The highest BCUT2D eigenvalue weighted by Crippen LogP contribution is 2.29. The van der Waals surface area contributed by atoms with E-state index in [4.69, 9.17) is 51.8 Å². The zero-order chi connectivity index (χ0) is 18.9. The van der Waals surface area contributed by atoms with Crippen LogP contribution in [0.15, 0.2) is 24.3 Å². The summed E-state index contributed by atoms with van der Waals surface area (Å²) in [6.07, 6.45) is 2.19. The smallest absolute Gasteiger partial charge is 0.228 e. The number of thiocarbonyl (C=S) groups is 1. The quantitative estimate of drug-likeness (QED) is 0.249. The van der Waals surface area contributed by atoms with Gasteiger partial charge in [0.25, 0.3) is 0 Å². The highest BCUT2D eigenvalue weighted by molar-refractivity contribution is 7.80. The minimum absolute atomic E-state index is 0.204. The first kappa shape index (κ1) is 22.1. The van der Waals surface area contributed by atoms with Gasteiger partial charge in [-0.15, -0.1) is 0 Å². The van der Waals surface area contributed by atoms with Gasteiger partial charge in [0, 0.05) is 12.1 Å². The lowest BCUT2D eigenvalue weighted by molar-refractivity contribution is -0.122. The summed E-state index contributed by atoms with van der Waals surface area (Å²) in [5, 5.41) is 8.65. The number of hydrogen-bond donors (Lipinski definition) is 3. The lowest BCUT2D eigenvalue weighted by Gasteiger charge is -2.27. The number of nitrogens with one attached hydrogen (secondary N) is 3. The summed E-state index contributed by atoms with van der Waals surface area (Å²) < 4.78 is 3.33. The number of methoxy groups -OCH3 is 1. The summed E-state index contributed by atoms with van der Waals surface area (Å²) in [5.41, 5.74) is 0.732. The Morgan fingerprint density at radius 1 is 1.20 bits per heavy atom. The van der Waals surface area contributed by atoms with E-state index in [1.807, 2.05) is 0 Å². The normalized spacial score (nSPS) is 12.2. The van der Waals surface area contributed by atoms with E-state index in [1.165, 1.54) is 0 Å². The first-order chi connectivity index (χ1) is 11.8. The lowest BCUT2D eigenvalue weighted by Crippen LogP contribution is -2.56. The zero-order valence-corrected chi connectivity index (χ0v) is 17.2. The number of ether oxygens (including phenoxy) is 1. The fraction of sp³-hybridized carbons (Fsp3) is 0.500. The SMILES string of the molecule is CCCCCC(=O)N[C@H](NC(=S)Nc1ccc(OC)cc1)C(Cl)(Cl)Cl. The van der Waals surface area contributed by atoms with E-state index in [0.29, 0.717) is 6.42 Å². The summed E-state index contributed by atoms with van der Waals surface area (Å²) in [6, 6.07) is 7.15. The molecule has 0 aliphatic rings. The van der Waals surface area contributed by atoms with Gasteiger partial charge in [0.2, 0.25) is 9.70 Å². The standard InChI is InChI=1S/C16H22Cl3N3O2S/c1-3-4-5-6-13(23)21-14(16(17,18)19)22-15(25)20-11-7-9-12(24-2)10-8-11/h7-10,14H,3-6H2,1-2H3,(H,21,23)(H2,20,22,25)/t14-/m1/s1. The average molecular weight is 427 g/mol. The van der Waals surface area contributed by atoms with Gasteiger partial charge in [-0.3, -0.25) is 4.79 Å². The number of unbranched alkanes of at least 4 members (excludes halogenated alkanes) is 2. The molecular formula is C16H22Cl3N3O2S. The minimum Gasteiger partial charge on any atom is -0.497 e. The maximum Gasteiger partial charge on any atom is 0.228 e. The second-order valence-electron chi connectivity index (χ2n) is 5.33. The summed E-state index contributed by atoms with van der Waals surface area (Å²) >= 11 is 23.0. The number of amides is 1. The highest BCUT2D eigenvalue weighted by atomic mass is 35.6. The largest absolute Gasteiger partial charge is 0.497 e. The Hall–Kier alpha value is -0.950. The topological polar surface area (TPSA) is 62.4 Å². The second kappa shape index (κ2) is 10.9. The maximum atomic E-state index is 12.0. The molecule has 0 aromatic heterocycles. The van der Waals surface area contributed by atoms with E-state index in [2.05, 4.69) is 22.9 Å². The summed E-state index contributed by atoms with van der Waals surface area (Å²) in [6.45, 7) is 2.06. The monoisotopic (exact) mass is 425 g/mol. The first-order valence-electron chi connectivity index (χ1n) is 7.84. The molecule has 1 rings (SSSR count). The van der Waals surface area contributed by atoms with Crippen molar-refractivity contribution in [1.82, 2.24) is 10.6 Å². The van der Waals surface area contributed by atoms with Crippen LogP contribution in [0, 0.1) is 0 Å². The molecule has 0 aliphatic heterocycles. The third-order valence-corrected chi connectivity index (χ3v) is 4.14. The molecular weight excluding hydrogens is 405 g/mol. The highest BCUT2D eigenvalue weighted by Gasteiger charge is 2.34. The van der Waals surface area contributed by atoms with Gasteiger partial charge in [-0.2, -0.15) is 0 Å². The molecule has 0 aliphatic carbocycles. The number of alkyl halides is 3. The van der Waals surface area contributed by atoms with Crippen molar-refractivity contribution in [2.45, 2.75) is 42.6 Å². The Morgan fingerprint density at radius 3 is 2.36 bits per heavy atom. The number of carbonyl (C=O) groups excluding carboxylic acids is 1. The molecule has 5 nitrogen and oxygen atoms in total. The average Bonchev–Trinajstić information content (AvgIpc) is 2.54. The van der Waals surface area contributed by atoms with Crippen molar-refractivity contribution in [1.29, 1.82) is 0 Å². The van der Waals surface area contributed by atoms with Crippen molar-refractivity contribution in [3.05, 3.63) is 24.3 Å². The predicted octanol–water partition coefficient (Wildman–Crippen LogP) is 4.37. The maximum absolute atomic E-state index is 12.0. The summed E-state index contributed by atoms with van der Waals surface area (Å²) in [4.78, 5) is 12.0. The van der Waals surface area contributed by atoms with Crippen LogP contribution in [0.2, 0.25) is 0 Å². The molecule has 0 heterocycles. The fourth-order valence-electron chi connectivity index (χ4n) is 1.94. The first-order valence-corrected chi connectivity index (χ1v) is 9.38. The molecule has 9 heteroatoms. The number of hydrogen-bond acceptors (Lipinski definition) is 3. The van der Waals surface area contributed by atoms with Crippen LogP contribution in [0.1, 0.15) is 32.6 Å². The molecule has 1 amide bonds. The van der Waals surface area contributed by atoms with E-state index < -0.39 is 9.96 Å². The van der Waals surface area contributed by atoms with E-state index >= 15 is 0 Å². The Balaban J connectivity index is 2.61. The molecule has 25 heavy (non-hydrogen) atoms. The van der Waals surface area contributed by atoms with Crippen LogP contribution in [0.25, 0.3) is 0 Å². The number of anilines is 1. The Labute approximate surface area is 168 Å². The molecule has 1 aromatic rings. The third-order valence-electron chi connectivity index (χ3n) is 3.26. The van der Waals surface area contributed by atoms with Crippen LogP contribution < -0.4 is 20.7 Å². The van der Waals surface area contributed by atoms with Gasteiger partial charge in [-0.25, -0.2) is 0 Å². The fourth-order valence-corrected chi connectivity index (χ4v) is 2.50. The van der Waals surface area contributed by atoms with Crippen LogP contribution in [0.4, 0.5) is 5.69 Å². The molecule has 3 N–H and O–H groups in total. The molecule has 0 unspecified atom stereocenters. The molecule has 140 valence electrons. The molecule has 0 fully saturated rings. The molecule has 0 bridgehead atoms. The van der Waals surface area contributed by atoms with Crippen molar-refractivity contribution < 1.29 is 9.53 Å². The zero-order valence-electron chi connectivity index (χ0n) is 14.1. The van der Waals surface area contributed by atoms with Gasteiger partial charge >= 0.3 is 0 Å². The van der Waals surface area contributed by atoms with Crippen molar-refractivity contribution in [3.8, 4) is 5.75 Å². The van der Waals surface area contributed by atoms with Gasteiger partial charge in [0.1, 0.15) is 11.9 Å². The van der Waals surface area contributed by atoms with Crippen molar-refractivity contribution in [3.63, 3.8) is 0 Å². The summed E-state index contributed by atoms with van der Waals surface area (Å²) in [5.74, 6) is 0.521. The number of halogens is 3. The van der Waals surface area contributed by atoms with Crippen molar-refractivity contribution >= 4 is 63.7 Å². The summed E-state index contributed by atoms with van der Waals surface area (Å²) in [7, 11) is 1.59. The van der Waals surface area contributed by atoms with Crippen molar-refractivity contribution in [2.75, 3.05) is 12.4 Å². The van der Waals surface area contributed by atoms with Gasteiger partial charge < -0.3 is 20.7 Å². The Morgan fingerprint density at radius 2 is 1.84 bits per heavy atom. The van der Waals surface area contributed by atoms with Crippen LogP contribution in [-0.2, 0) is 4.79 Å². The van der Waals surface area contributed by atoms with E-state index in [9.17, 15) is 4.79 Å². The van der Waals surface area contributed by atoms with E-state index in [0.717, 1.165) is 30.7 Å². The molecule has 0 radical (unpaired) electrons. The molecule has 0 saturated heterocycles. The van der Waals surface area contributed by atoms with Gasteiger partial charge in [0.05, 0.1) is 7.11 Å². The molecule has 1 aromatic carbocycles. The number of rotatable bonds is 8. The van der Waals surface area contributed by atoms with Gasteiger partial charge in [0.15, 0.2) is 5.11 Å². The molecule has 0 saturated carbocycles. The van der Waals surface area contributed by atoms with Crippen LogP contribution in [-0.4, -0.2) is 28.1 Å². The number of benzene rings is 1. The van der Waals surface area contributed by atoms with Crippen LogP contribution >= 0.6 is 47.0 Å². The van der Waals surface area contributed by atoms with Gasteiger partial charge in [-0.1, -0.05) is 54.6 Å². The predicted molar refractivity (Wildman–Crippen MR) is 109 cm³/mol. The van der Waals surface area contributed by atoms with Crippen LogP contribution in [0.3, 0.4) is 0 Å². The van der Waals surface area contributed by atoms with Crippen LogP contribution in [0.5, 0.6) is 5.75 Å². The molecule has 1 atom stereocenters. The van der Waals surface area contributed by atoms with Crippen molar-refractivity contribution in [2.24, 2.45) is 0 Å². The Bertz CT molecular complexity index is 565. The van der Waals surface area contributed by atoms with E-state index in [-0.39, 0.29) is 11.0 Å². The lowest BCUT2D eigenvalue weighted by atomic mass is 10.2. The number of carbonyl (C=O) groups is 1. The third kappa shape index (κ3) is 8.81.